The second kappa shape index (κ2) is 5.57. The number of hydrogen-bond acceptors (Lipinski definition) is 2. The van der Waals surface area contributed by atoms with Crippen molar-refractivity contribution in [1.82, 2.24) is 15.1 Å². The van der Waals surface area contributed by atoms with Gasteiger partial charge in [-0.2, -0.15) is 5.10 Å². The van der Waals surface area contributed by atoms with Gasteiger partial charge in [0.1, 0.15) is 0 Å². The second-order valence-electron chi connectivity index (χ2n) is 5.25. The van der Waals surface area contributed by atoms with Gasteiger partial charge in [0.2, 0.25) is 0 Å². The van der Waals surface area contributed by atoms with Crippen LogP contribution in [0.3, 0.4) is 0 Å². The highest BCUT2D eigenvalue weighted by molar-refractivity contribution is 5.27. The van der Waals surface area contributed by atoms with E-state index in [1.807, 2.05) is 4.68 Å². The first-order valence-electron chi connectivity index (χ1n) is 7.16. The van der Waals surface area contributed by atoms with Crippen LogP contribution in [-0.4, -0.2) is 22.9 Å². The smallest absolute Gasteiger partial charge is 0.0524 e. The molecular formula is C16H21N3. The summed E-state index contributed by atoms with van der Waals surface area (Å²) in [4.78, 5) is 0. The van der Waals surface area contributed by atoms with E-state index >= 15 is 0 Å². The van der Waals surface area contributed by atoms with Crippen LogP contribution in [0.2, 0.25) is 0 Å². The van der Waals surface area contributed by atoms with Crippen LogP contribution in [-0.2, 0) is 6.54 Å². The summed E-state index contributed by atoms with van der Waals surface area (Å²) in [5, 5.41) is 7.96. The number of nitrogens with one attached hydrogen (secondary N) is 1. The first kappa shape index (κ1) is 12.4. The second-order valence-corrected chi connectivity index (χ2v) is 5.25. The number of nitrogens with zero attached hydrogens (tertiary/aromatic N) is 2. The maximum atomic E-state index is 4.43. The Morgan fingerprint density at radius 1 is 1.21 bits per heavy atom. The minimum absolute atomic E-state index is 0.560. The highest BCUT2D eigenvalue weighted by Crippen LogP contribution is 2.36. The Kier molecular flexibility index (Phi) is 3.65. The van der Waals surface area contributed by atoms with Gasteiger partial charge in [-0.15, -0.1) is 0 Å². The summed E-state index contributed by atoms with van der Waals surface area (Å²) in [6, 6.07) is 10.8. The molecule has 1 aromatic carbocycles. The van der Waals surface area contributed by atoms with Crippen molar-refractivity contribution >= 4 is 0 Å². The van der Waals surface area contributed by atoms with Gasteiger partial charge in [-0.1, -0.05) is 30.3 Å². The van der Waals surface area contributed by atoms with Gasteiger partial charge in [0.25, 0.3) is 0 Å². The van der Waals surface area contributed by atoms with E-state index in [9.17, 15) is 0 Å². The third-order valence-electron chi connectivity index (χ3n) is 4.12. The van der Waals surface area contributed by atoms with Gasteiger partial charge in [0, 0.05) is 25.2 Å². The molecule has 0 bridgehead atoms. The van der Waals surface area contributed by atoms with Gasteiger partial charge in [0.05, 0.1) is 6.20 Å². The third kappa shape index (κ3) is 2.56. The zero-order chi connectivity index (χ0) is 13.1. The SMILES string of the molecule is CCn1cc(C2CCNCC2c2ccccc2)cn1. The van der Waals surface area contributed by atoms with Gasteiger partial charge in [-0.3, -0.25) is 4.68 Å². The number of benzene rings is 1. The van der Waals surface area contributed by atoms with Crippen molar-refractivity contribution in [1.29, 1.82) is 0 Å². The lowest BCUT2D eigenvalue weighted by Gasteiger charge is -2.32. The Morgan fingerprint density at radius 3 is 2.79 bits per heavy atom. The standard InChI is InChI=1S/C16H21N3/c1-2-19-12-14(10-18-19)15-8-9-17-11-16(15)13-6-4-3-5-7-13/h3-7,10,12,15-17H,2,8-9,11H2,1H3. The average molecular weight is 255 g/mol. The van der Waals surface area contributed by atoms with Crippen molar-refractivity contribution in [3.63, 3.8) is 0 Å². The van der Waals surface area contributed by atoms with E-state index in [0.29, 0.717) is 11.8 Å². The molecule has 3 rings (SSSR count). The fraction of sp³-hybridized carbons (Fsp3) is 0.438. The quantitative estimate of drug-likeness (QED) is 0.914. The van der Waals surface area contributed by atoms with E-state index in [-0.39, 0.29) is 0 Å². The van der Waals surface area contributed by atoms with E-state index in [0.717, 1.165) is 19.6 Å². The van der Waals surface area contributed by atoms with Crippen LogP contribution >= 0.6 is 0 Å². The van der Waals surface area contributed by atoms with Crippen molar-refractivity contribution < 1.29 is 0 Å². The summed E-state index contributed by atoms with van der Waals surface area (Å²) in [5.41, 5.74) is 2.82. The van der Waals surface area contributed by atoms with Crippen LogP contribution in [0.5, 0.6) is 0 Å². The largest absolute Gasteiger partial charge is 0.316 e. The summed E-state index contributed by atoms with van der Waals surface area (Å²) < 4.78 is 2.03. The van der Waals surface area contributed by atoms with E-state index in [1.165, 1.54) is 17.5 Å². The molecular weight excluding hydrogens is 234 g/mol. The summed E-state index contributed by atoms with van der Waals surface area (Å²) >= 11 is 0. The maximum Gasteiger partial charge on any atom is 0.0524 e. The zero-order valence-electron chi connectivity index (χ0n) is 11.4. The fourth-order valence-electron chi connectivity index (χ4n) is 3.05. The normalized spacial score (nSPS) is 23.4. The number of rotatable bonds is 3. The molecule has 1 N–H and O–H groups in total. The Morgan fingerprint density at radius 2 is 2.05 bits per heavy atom. The molecule has 0 aliphatic carbocycles. The molecule has 100 valence electrons. The highest BCUT2D eigenvalue weighted by Gasteiger charge is 2.28. The van der Waals surface area contributed by atoms with Crippen molar-refractivity contribution in [2.45, 2.75) is 31.7 Å². The molecule has 2 unspecified atom stereocenters. The number of aromatic nitrogens is 2. The first-order chi connectivity index (χ1) is 9.38. The lowest BCUT2D eigenvalue weighted by Crippen LogP contribution is -2.33. The summed E-state index contributed by atoms with van der Waals surface area (Å²) in [6.45, 7) is 5.24. The summed E-state index contributed by atoms with van der Waals surface area (Å²) in [7, 11) is 0. The Hall–Kier alpha value is -1.61. The van der Waals surface area contributed by atoms with Crippen molar-refractivity contribution in [2.75, 3.05) is 13.1 Å². The molecule has 19 heavy (non-hydrogen) atoms. The molecule has 0 radical (unpaired) electrons. The molecule has 1 aliphatic heterocycles. The molecule has 3 nitrogen and oxygen atoms in total. The Balaban J connectivity index is 1.89. The van der Waals surface area contributed by atoms with Crippen LogP contribution in [0.15, 0.2) is 42.7 Å². The monoisotopic (exact) mass is 255 g/mol. The molecule has 0 spiro atoms. The molecule has 1 saturated heterocycles. The summed E-state index contributed by atoms with van der Waals surface area (Å²) in [6.07, 6.45) is 5.45. The predicted molar refractivity (Wildman–Crippen MR) is 77.3 cm³/mol. The Bertz CT molecular complexity index is 518. The molecule has 1 aromatic heterocycles. The predicted octanol–water partition coefficient (Wildman–Crippen LogP) is 2.76. The van der Waals surface area contributed by atoms with E-state index in [1.54, 1.807) is 0 Å². The van der Waals surface area contributed by atoms with E-state index in [4.69, 9.17) is 0 Å². The van der Waals surface area contributed by atoms with Crippen LogP contribution in [0, 0.1) is 0 Å². The van der Waals surface area contributed by atoms with Gasteiger partial charge < -0.3 is 5.32 Å². The molecule has 2 aromatic rings. The van der Waals surface area contributed by atoms with Crippen molar-refractivity contribution in [2.24, 2.45) is 0 Å². The van der Waals surface area contributed by atoms with E-state index < -0.39 is 0 Å². The average Bonchev–Trinajstić information content (AvgIpc) is 2.97. The molecule has 3 heteroatoms. The molecule has 2 atom stereocenters. The van der Waals surface area contributed by atoms with Gasteiger partial charge in [-0.05, 0) is 36.9 Å². The lowest BCUT2D eigenvalue weighted by molar-refractivity contribution is 0.404. The van der Waals surface area contributed by atoms with Crippen LogP contribution < -0.4 is 5.32 Å². The van der Waals surface area contributed by atoms with Gasteiger partial charge in [0.15, 0.2) is 0 Å². The molecule has 1 aliphatic rings. The van der Waals surface area contributed by atoms with Gasteiger partial charge >= 0.3 is 0 Å². The number of hydrogen-bond donors (Lipinski definition) is 1. The van der Waals surface area contributed by atoms with Gasteiger partial charge in [-0.25, -0.2) is 0 Å². The molecule has 0 amide bonds. The number of aryl methyl sites for hydroxylation is 1. The Labute approximate surface area is 114 Å². The molecule has 1 fully saturated rings. The van der Waals surface area contributed by atoms with Crippen LogP contribution in [0.1, 0.15) is 36.3 Å². The van der Waals surface area contributed by atoms with Crippen LogP contribution in [0.25, 0.3) is 0 Å². The molecule has 2 heterocycles. The van der Waals surface area contributed by atoms with Crippen molar-refractivity contribution in [3.8, 4) is 0 Å². The lowest BCUT2D eigenvalue weighted by atomic mass is 9.78. The summed E-state index contributed by atoms with van der Waals surface area (Å²) in [5.74, 6) is 1.15. The number of piperidine rings is 1. The molecule has 0 saturated carbocycles. The van der Waals surface area contributed by atoms with E-state index in [2.05, 4.69) is 60.1 Å². The third-order valence-corrected chi connectivity index (χ3v) is 4.12. The van der Waals surface area contributed by atoms with Crippen molar-refractivity contribution in [3.05, 3.63) is 53.9 Å². The minimum atomic E-state index is 0.560. The van der Waals surface area contributed by atoms with Crippen LogP contribution in [0.4, 0.5) is 0 Å². The first-order valence-corrected chi connectivity index (χ1v) is 7.16. The zero-order valence-corrected chi connectivity index (χ0v) is 11.4. The minimum Gasteiger partial charge on any atom is -0.316 e. The highest BCUT2D eigenvalue weighted by atomic mass is 15.3. The maximum absolute atomic E-state index is 4.43. The topological polar surface area (TPSA) is 29.9 Å². The fourth-order valence-corrected chi connectivity index (χ4v) is 3.05.